The van der Waals surface area contributed by atoms with Gasteiger partial charge in [0.1, 0.15) is 17.7 Å². The Labute approximate surface area is 212 Å². The number of fused-ring (bicyclic) bond motifs is 1. The number of nitrogens with zero attached hydrogens (tertiary/aromatic N) is 2. The van der Waals surface area contributed by atoms with Gasteiger partial charge in [-0.1, -0.05) is 6.07 Å². The molecule has 1 aromatic carbocycles. The molecule has 0 radical (unpaired) electrons. The van der Waals surface area contributed by atoms with Crippen molar-refractivity contribution in [3.63, 3.8) is 0 Å². The van der Waals surface area contributed by atoms with E-state index in [9.17, 15) is 14.3 Å². The van der Waals surface area contributed by atoms with Crippen LogP contribution in [0, 0.1) is 11.2 Å². The molecule has 3 aromatic rings. The highest BCUT2D eigenvalue weighted by Gasteiger charge is 2.37. The topological polar surface area (TPSA) is 62.7 Å². The van der Waals surface area contributed by atoms with Crippen LogP contribution in [0.3, 0.4) is 0 Å². The number of aromatic nitrogens is 1. The van der Waals surface area contributed by atoms with Crippen molar-refractivity contribution in [1.82, 2.24) is 9.88 Å². The number of hydrogen-bond donors (Lipinski definition) is 1. The average molecular weight is 521 g/mol. The second-order valence-corrected chi connectivity index (χ2v) is 11.4. The number of carboxylic acids is 1. The standard InChI is InChI=1S/C26H30F2N2O3S2/c1-33-18-4-5-22-19(15-18)25(21(28)17-29-22)20(27)6-7-26(16-23(31)32)8-10-30(11-9-26)12-14-35-24-3-2-13-34-24/h2-5,13,15,17,20H,6-12,14,16H2,1H3,(H,31,32). The zero-order valence-corrected chi connectivity index (χ0v) is 21.3. The molecule has 4 rings (SSSR count). The third kappa shape index (κ3) is 6.51. The van der Waals surface area contributed by atoms with Gasteiger partial charge < -0.3 is 14.7 Å². The maximum Gasteiger partial charge on any atom is 0.303 e. The number of halogens is 2. The summed E-state index contributed by atoms with van der Waals surface area (Å²) in [5.41, 5.74) is -0.00821. The number of ether oxygens (including phenoxy) is 1. The van der Waals surface area contributed by atoms with Crippen LogP contribution in [0.25, 0.3) is 10.9 Å². The molecule has 0 amide bonds. The first kappa shape index (κ1) is 25.9. The number of rotatable bonds is 11. The van der Waals surface area contributed by atoms with Crippen molar-refractivity contribution < 1.29 is 23.4 Å². The van der Waals surface area contributed by atoms with Crippen LogP contribution in [0.4, 0.5) is 8.78 Å². The molecule has 35 heavy (non-hydrogen) atoms. The Morgan fingerprint density at radius 3 is 2.83 bits per heavy atom. The molecular formula is C26H30F2N2O3S2. The van der Waals surface area contributed by atoms with Crippen LogP contribution in [0.5, 0.6) is 5.75 Å². The lowest BCUT2D eigenvalue weighted by Gasteiger charge is -2.41. The number of hydrogen-bond acceptors (Lipinski definition) is 6. The van der Waals surface area contributed by atoms with E-state index in [1.165, 1.54) is 11.3 Å². The molecule has 1 N–H and O–H groups in total. The first-order valence-corrected chi connectivity index (χ1v) is 13.6. The van der Waals surface area contributed by atoms with Gasteiger partial charge in [0.05, 0.1) is 29.5 Å². The number of aliphatic carboxylic acids is 1. The fourth-order valence-electron chi connectivity index (χ4n) is 4.90. The summed E-state index contributed by atoms with van der Waals surface area (Å²) in [5, 5.41) is 12.0. The van der Waals surface area contributed by atoms with Crippen LogP contribution in [0.2, 0.25) is 0 Å². The number of carboxylic acid groups (broad SMARTS) is 1. The maximum atomic E-state index is 15.5. The minimum atomic E-state index is -1.56. The molecular weight excluding hydrogens is 490 g/mol. The normalized spacial score (nSPS) is 16.9. The highest BCUT2D eigenvalue weighted by Crippen LogP contribution is 2.43. The van der Waals surface area contributed by atoms with Crippen molar-refractivity contribution in [2.24, 2.45) is 5.41 Å². The van der Waals surface area contributed by atoms with Gasteiger partial charge in [-0.25, -0.2) is 8.78 Å². The van der Waals surface area contributed by atoms with E-state index >= 15 is 4.39 Å². The van der Waals surface area contributed by atoms with Crippen LogP contribution in [0.15, 0.2) is 46.1 Å². The fraction of sp³-hybridized carbons (Fsp3) is 0.462. The van der Waals surface area contributed by atoms with Gasteiger partial charge in [-0.05, 0) is 73.8 Å². The summed E-state index contributed by atoms with van der Waals surface area (Å²) in [5.74, 6) is -0.0714. The average Bonchev–Trinajstić information content (AvgIpc) is 3.36. The van der Waals surface area contributed by atoms with Gasteiger partial charge >= 0.3 is 5.97 Å². The molecule has 0 aliphatic carbocycles. The van der Waals surface area contributed by atoms with Gasteiger partial charge in [-0.3, -0.25) is 9.78 Å². The summed E-state index contributed by atoms with van der Waals surface area (Å²) in [6.07, 6.45) is 1.35. The Bertz CT molecular complexity index is 1140. The van der Waals surface area contributed by atoms with Crippen molar-refractivity contribution in [2.45, 2.75) is 42.5 Å². The predicted molar refractivity (Wildman–Crippen MR) is 137 cm³/mol. The number of methoxy groups -OCH3 is 1. The number of piperidine rings is 1. The quantitative estimate of drug-likeness (QED) is 0.288. The van der Waals surface area contributed by atoms with E-state index in [0.29, 0.717) is 35.9 Å². The third-order valence-electron chi connectivity index (χ3n) is 6.90. The predicted octanol–water partition coefficient (Wildman–Crippen LogP) is 6.58. The number of likely N-dealkylation sites (tertiary alicyclic amines) is 1. The summed E-state index contributed by atoms with van der Waals surface area (Å²) in [4.78, 5) is 18.1. The van der Waals surface area contributed by atoms with Gasteiger partial charge in [0.15, 0.2) is 0 Å². The number of benzene rings is 1. The molecule has 1 saturated heterocycles. The Hall–Kier alpha value is -2.23. The minimum absolute atomic E-state index is 0.00486. The van der Waals surface area contributed by atoms with Crippen molar-refractivity contribution in [1.29, 1.82) is 0 Å². The van der Waals surface area contributed by atoms with Crippen LogP contribution in [-0.2, 0) is 4.79 Å². The fourth-order valence-corrected chi connectivity index (χ4v) is 6.76. The molecule has 0 saturated carbocycles. The molecule has 3 heterocycles. The molecule has 5 nitrogen and oxygen atoms in total. The number of pyridine rings is 1. The Morgan fingerprint density at radius 1 is 1.34 bits per heavy atom. The first-order chi connectivity index (χ1) is 16.9. The zero-order valence-electron chi connectivity index (χ0n) is 19.7. The lowest BCUT2D eigenvalue weighted by molar-refractivity contribution is -0.141. The van der Waals surface area contributed by atoms with E-state index in [-0.39, 0.29) is 18.4 Å². The highest BCUT2D eigenvalue weighted by molar-refractivity contribution is 8.01. The Kier molecular flexibility index (Phi) is 8.62. The summed E-state index contributed by atoms with van der Waals surface area (Å²) >= 11 is 3.56. The van der Waals surface area contributed by atoms with Gasteiger partial charge in [0, 0.05) is 23.2 Å². The molecule has 1 aliphatic rings. The SMILES string of the molecule is COc1ccc2ncc(F)c(C(F)CCC3(CC(=O)O)CCN(CCSc4cccs4)CC3)c2c1. The molecule has 1 fully saturated rings. The number of alkyl halides is 1. The molecule has 188 valence electrons. The third-order valence-corrected chi connectivity index (χ3v) is 9.01. The largest absolute Gasteiger partial charge is 0.497 e. The minimum Gasteiger partial charge on any atom is -0.497 e. The number of carbonyl (C=O) groups is 1. The van der Waals surface area contributed by atoms with E-state index in [1.807, 2.05) is 17.8 Å². The summed E-state index contributed by atoms with van der Waals surface area (Å²) in [7, 11) is 1.50. The molecule has 0 spiro atoms. The van der Waals surface area contributed by atoms with Crippen LogP contribution in [0.1, 0.15) is 43.8 Å². The highest BCUT2D eigenvalue weighted by atomic mass is 32.2. The van der Waals surface area contributed by atoms with E-state index < -0.39 is 23.4 Å². The van der Waals surface area contributed by atoms with E-state index in [4.69, 9.17) is 4.74 Å². The number of thioether (sulfide) groups is 1. The van der Waals surface area contributed by atoms with Gasteiger partial charge in [-0.2, -0.15) is 0 Å². The van der Waals surface area contributed by atoms with E-state index in [0.717, 1.165) is 31.6 Å². The van der Waals surface area contributed by atoms with Gasteiger partial charge in [0.25, 0.3) is 0 Å². The molecule has 0 bridgehead atoms. The Morgan fingerprint density at radius 2 is 2.14 bits per heavy atom. The number of thiophene rings is 1. The molecule has 2 aromatic heterocycles. The smallest absolute Gasteiger partial charge is 0.303 e. The monoisotopic (exact) mass is 520 g/mol. The van der Waals surface area contributed by atoms with Crippen molar-refractivity contribution in [2.75, 3.05) is 32.5 Å². The summed E-state index contributed by atoms with van der Waals surface area (Å²) in [6, 6.07) is 9.15. The summed E-state index contributed by atoms with van der Waals surface area (Å²) in [6.45, 7) is 2.52. The second kappa shape index (κ2) is 11.7. The van der Waals surface area contributed by atoms with E-state index in [1.54, 1.807) is 29.5 Å². The molecule has 1 unspecified atom stereocenters. The van der Waals surface area contributed by atoms with Gasteiger partial charge in [0.2, 0.25) is 0 Å². The molecule has 9 heteroatoms. The summed E-state index contributed by atoms with van der Waals surface area (Å²) < 4.78 is 36.8. The van der Waals surface area contributed by atoms with Gasteiger partial charge in [-0.15, -0.1) is 23.1 Å². The Balaban J connectivity index is 1.40. The lowest BCUT2D eigenvalue weighted by atomic mass is 9.71. The van der Waals surface area contributed by atoms with E-state index in [2.05, 4.69) is 21.3 Å². The second-order valence-electron chi connectivity index (χ2n) is 9.10. The van der Waals surface area contributed by atoms with Crippen LogP contribution in [-0.4, -0.2) is 53.5 Å². The molecule has 1 atom stereocenters. The van der Waals surface area contributed by atoms with Crippen molar-refractivity contribution in [3.8, 4) is 5.75 Å². The lowest BCUT2D eigenvalue weighted by Crippen LogP contribution is -2.42. The molecule has 1 aliphatic heterocycles. The van der Waals surface area contributed by atoms with Crippen LogP contribution < -0.4 is 4.74 Å². The maximum absolute atomic E-state index is 15.5. The van der Waals surface area contributed by atoms with Crippen LogP contribution >= 0.6 is 23.1 Å². The first-order valence-electron chi connectivity index (χ1n) is 11.8. The van der Waals surface area contributed by atoms with Crippen molar-refractivity contribution in [3.05, 3.63) is 53.3 Å². The zero-order chi connectivity index (χ0) is 24.8. The van der Waals surface area contributed by atoms with Crippen molar-refractivity contribution >= 4 is 40.0 Å².